The number of carbonyl (C=O) groups excluding carboxylic acids is 1. The van der Waals surface area contributed by atoms with E-state index in [9.17, 15) is 18.0 Å². The molecule has 0 saturated carbocycles. The number of likely N-dealkylation sites (N-methyl/N-ethyl adjacent to an activating group) is 1. The summed E-state index contributed by atoms with van der Waals surface area (Å²) in [6.45, 7) is 3.83. The van der Waals surface area contributed by atoms with Crippen molar-refractivity contribution >= 4 is 18.3 Å². The Labute approximate surface area is 140 Å². The first-order chi connectivity index (χ1) is 10.2. The minimum Gasteiger partial charge on any atom is -0.383 e. The van der Waals surface area contributed by atoms with E-state index < -0.39 is 23.8 Å². The van der Waals surface area contributed by atoms with E-state index in [4.69, 9.17) is 10.5 Å². The van der Waals surface area contributed by atoms with E-state index in [0.29, 0.717) is 12.1 Å². The predicted octanol–water partition coefficient (Wildman–Crippen LogP) is 3.01. The molecule has 2 atom stereocenters. The Morgan fingerprint density at radius 2 is 2.00 bits per heavy atom. The number of hydrogen-bond acceptors (Lipinski definition) is 3. The summed E-state index contributed by atoms with van der Waals surface area (Å²) in [6, 6.07) is 3.62. The molecule has 2 unspecified atom stereocenters. The highest BCUT2D eigenvalue weighted by molar-refractivity contribution is 5.85. The van der Waals surface area contributed by atoms with Crippen LogP contribution in [0.2, 0.25) is 0 Å². The summed E-state index contributed by atoms with van der Waals surface area (Å²) in [7, 11) is 1.43. The molecule has 0 fully saturated rings. The van der Waals surface area contributed by atoms with Crippen LogP contribution in [-0.2, 0) is 15.7 Å². The average Bonchev–Trinajstić information content (AvgIpc) is 2.47. The van der Waals surface area contributed by atoms with Gasteiger partial charge >= 0.3 is 6.18 Å². The van der Waals surface area contributed by atoms with Gasteiger partial charge in [-0.25, -0.2) is 0 Å². The van der Waals surface area contributed by atoms with Gasteiger partial charge in [-0.2, -0.15) is 13.2 Å². The molecule has 1 amide bonds. The fraction of sp³-hybridized carbons (Fsp3) is 0.533. The van der Waals surface area contributed by atoms with Gasteiger partial charge in [0.1, 0.15) is 6.04 Å². The highest BCUT2D eigenvalue weighted by atomic mass is 35.5. The van der Waals surface area contributed by atoms with Crippen LogP contribution in [0.25, 0.3) is 0 Å². The van der Waals surface area contributed by atoms with Crippen molar-refractivity contribution in [2.45, 2.75) is 32.1 Å². The summed E-state index contributed by atoms with van der Waals surface area (Å²) >= 11 is 0. The van der Waals surface area contributed by atoms with Crippen LogP contribution < -0.4 is 5.73 Å². The number of nitrogens with two attached hydrogens (primary N) is 1. The lowest BCUT2D eigenvalue weighted by atomic mass is 10.0. The van der Waals surface area contributed by atoms with E-state index in [1.807, 2.05) is 0 Å². The molecule has 2 N–H and O–H groups in total. The Hall–Kier alpha value is -1.31. The third-order valence-corrected chi connectivity index (χ3v) is 3.45. The summed E-state index contributed by atoms with van der Waals surface area (Å²) in [5, 5.41) is 0. The Morgan fingerprint density at radius 1 is 1.39 bits per heavy atom. The van der Waals surface area contributed by atoms with Crippen LogP contribution in [-0.4, -0.2) is 37.1 Å². The second-order valence-corrected chi connectivity index (χ2v) is 4.99. The largest absolute Gasteiger partial charge is 0.416 e. The van der Waals surface area contributed by atoms with Gasteiger partial charge in [0.25, 0.3) is 0 Å². The highest BCUT2D eigenvalue weighted by Gasteiger charge is 2.32. The molecule has 0 heterocycles. The van der Waals surface area contributed by atoms with Gasteiger partial charge in [-0.05, 0) is 31.5 Å². The first-order valence-electron chi connectivity index (χ1n) is 6.94. The zero-order valence-corrected chi connectivity index (χ0v) is 14.1. The molecule has 0 bridgehead atoms. The van der Waals surface area contributed by atoms with Gasteiger partial charge in [0.15, 0.2) is 0 Å². The number of hydrogen-bond donors (Lipinski definition) is 1. The minimum atomic E-state index is -4.41. The molecule has 8 heteroatoms. The third kappa shape index (κ3) is 5.67. The van der Waals surface area contributed by atoms with Crippen LogP contribution in [0, 0.1) is 0 Å². The quantitative estimate of drug-likeness (QED) is 0.854. The zero-order valence-electron chi connectivity index (χ0n) is 13.3. The van der Waals surface area contributed by atoms with Crippen molar-refractivity contribution in [3.8, 4) is 0 Å². The SMILES string of the molecule is CCN(C(=O)C(N)COC)C(C)c1cccc(C(F)(F)F)c1.Cl. The molecule has 0 aliphatic rings. The van der Waals surface area contributed by atoms with Crippen LogP contribution in [0.4, 0.5) is 13.2 Å². The van der Waals surface area contributed by atoms with Crippen molar-refractivity contribution in [1.29, 1.82) is 0 Å². The molecule has 0 aliphatic carbocycles. The molecule has 1 aromatic rings. The molecule has 1 rings (SSSR count). The van der Waals surface area contributed by atoms with E-state index in [2.05, 4.69) is 0 Å². The molecule has 0 saturated heterocycles. The van der Waals surface area contributed by atoms with Gasteiger partial charge in [0, 0.05) is 13.7 Å². The third-order valence-electron chi connectivity index (χ3n) is 3.45. The zero-order chi connectivity index (χ0) is 16.9. The van der Waals surface area contributed by atoms with Gasteiger partial charge in [-0.3, -0.25) is 4.79 Å². The van der Waals surface area contributed by atoms with Crippen molar-refractivity contribution in [3.05, 3.63) is 35.4 Å². The van der Waals surface area contributed by atoms with Gasteiger partial charge in [0.2, 0.25) is 5.91 Å². The first-order valence-corrected chi connectivity index (χ1v) is 6.94. The molecule has 1 aromatic carbocycles. The van der Waals surface area contributed by atoms with Crippen LogP contribution in [0.1, 0.15) is 31.0 Å². The van der Waals surface area contributed by atoms with Crippen molar-refractivity contribution in [2.24, 2.45) is 5.73 Å². The topological polar surface area (TPSA) is 55.6 Å². The Bertz CT molecular complexity index is 512. The molecular formula is C15H22ClF3N2O2. The number of benzene rings is 1. The fourth-order valence-electron chi connectivity index (χ4n) is 2.24. The lowest BCUT2D eigenvalue weighted by Gasteiger charge is -2.31. The minimum absolute atomic E-state index is 0. The maximum Gasteiger partial charge on any atom is 0.416 e. The van der Waals surface area contributed by atoms with Gasteiger partial charge < -0.3 is 15.4 Å². The number of ether oxygens (including phenoxy) is 1. The smallest absolute Gasteiger partial charge is 0.383 e. The Kier molecular flexibility index (Phi) is 8.58. The first kappa shape index (κ1) is 21.7. The summed E-state index contributed by atoms with van der Waals surface area (Å²) in [4.78, 5) is 13.7. The second kappa shape index (κ2) is 9.10. The monoisotopic (exact) mass is 354 g/mol. The normalized spacial score (nSPS) is 13.9. The van der Waals surface area contributed by atoms with Crippen LogP contribution in [0.3, 0.4) is 0 Å². The number of amides is 1. The molecule has 0 radical (unpaired) electrons. The van der Waals surface area contributed by atoms with E-state index >= 15 is 0 Å². The predicted molar refractivity (Wildman–Crippen MR) is 84.3 cm³/mol. The summed E-state index contributed by atoms with van der Waals surface area (Å²) in [6.07, 6.45) is -4.41. The number of halogens is 4. The number of nitrogens with zero attached hydrogens (tertiary/aromatic N) is 1. The lowest BCUT2D eigenvalue weighted by molar-refractivity contribution is -0.137. The summed E-state index contributed by atoms with van der Waals surface area (Å²) < 4.78 is 43.2. The van der Waals surface area contributed by atoms with E-state index in [1.54, 1.807) is 19.9 Å². The molecule has 4 nitrogen and oxygen atoms in total. The lowest BCUT2D eigenvalue weighted by Crippen LogP contribution is -2.47. The Balaban J connectivity index is 0.00000484. The standard InChI is InChI=1S/C15H21F3N2O2.ClH/c1-4-20(14(21)13(19)9-22-3)10(2)11-6-5-7-12(8-11)15(16,17)18;/h5-8,10,13H,4,9,19H2,1-3H3;1H. The fourth-order valence-corrected chi connectivity index (χ4v) is 2.24. The molecule has 0 spiro atoms. The van der Waals surface area contributed by atoms with Crippen LogP contribution >= 0.6 is 12.4 Å². The maximum atomic E-state index is 12.8. The molecule has 0 aliphatic heterocycles. The highest BCUT2D eigenvalue weighted by Crippen LogP contribution is 2.31. The number of carbonyl (C=O) groups is 1. The van der Waals surface area contributed by atoms with Crippen molar-refractivity contribution in [1.82, 2.24) is 4.90 Å². The Morgan fingerprint density at radius 3 is 2.48 bits per heavy atom. The summed E-state index contributed by atoms with van der Waals surface area (Å²) in [5.41, 5.74) is 5.40. The average molecular weight is 355 g/mol. The van der Waals surface area contributed by atoms with E-state index in [-0.39, 0.29) is 24.9 Å². The number of methoxy groups -OCH3 is 1. The summed E-state index contributed by atoms with van der Waals surface area (Å²) in [5.74, 6) is -0.353. The van der Waals surface area contributed by atoms with E-state index in [0.717, 1.165) is 12.1 Å². The number of alkyl halides is 3. The van der Waals surface area contributed by atoms with Crippen molar-refractivity contribution < 1.29 is 22.7 Å². The van der Waals surface area contributed by atoms with Crippen LogP contribution in [0.5, 0.6) is 0 Å². The molecule has 0 aromatic heterocycles. The van der Waals surface area contributed by atoms with Gasteiger partial charge in [-0.15, -0.1) is 12.4 Å². The maximum absolute atomic E-state index is 12.8. The number of rotatable bonds is 6. The van der Waals surface area contributed by atoms with Crippen LogP contribution in [0.15, 0.2) is 24.3 Å². The molecular weight excluding hydrogens is 333 g/mol. The van der Waals surface area contributed by atoms with Crippen molar-refractivity contribution in [2.75, 3.05) is 20.3 Å². The van der Waals surface area contributed by atoms with E-state index in [1.165, 1.54) is 18.1 Å². The van der Waals surface area contributed by atoms with Crippen molar-refractivity contribution in [3.63, 3.8) is 0 Å². The second-order valence-electron chi connectivity index (χ2n) is 4.99. The van der Waals surface area contributed by atoms with Gasteiger partial charge in [-0.1, -0.05) is 12.1 Å². The molecule has 132 valence electrons. The molecule has 23 heavy (non-hydrogen) atoms. The van der Waals surface area contributed by atoms with Gasteiger partial charge in [0.05, 0.1) is 18.2 Å².